The monoisotopic (exact) mass is 350 g/mol. The number of hydrogen-bond acceptors (Lipinski definition) is 4. The molecule has 0 aliphatic carbocycles. The van der Waals surface area contributed by atoms with E-state index in [1.165, 1.54) is 0 Å². The lowest BCUT2D eigenvalue weighted by Gasteiger charge is -2.19. The summed E-state index contributed by atoms with van der Waals surface area (Å²) < 4.78 is 11.4. The van der Waals surface area contributed by atoms with Crippen LogP contribution in [0.15, 0.2) is 23.2 Å². The third-order valence-corrected chi connectivity index (χ3v) is 4.01. The van der Waals surface area contributed by atoms with Crippen molar-refractivity contribution in [3.8, 4) is 11.5 Å². The van der Waals surface area contributed by atoms with Crippen LogP contribution in [0.4, 0.5) is 0 Å². The van der Waals surface area contributed by atoms with Gasteiger partial charge in [0.15, 0.2) is 17.5 Å². The quantitative estimate of drug-likeness (QED) is 0.474. The molecule has 1 aromatic carbocycles. The Morgan fingerprint density at radius 2 is 1.88 bits per heavy atom. The molecular formula is C19H34N4O2. The van der Waals surface area contributed by atoms with Gasteiger partial charge in [-0.15, -0.1) is 0 Å². The molecule has 0 spiro atoms. The van der Waals surface area contributed by atoms with Crippen LogP contribution in [0.5, 0.6) is 11.5 Å². The first-order chi connectivity index (χ1) is 12.2. The molecule has 1 aromatic rings. The minimum Gasteiger partial charge on any atom is -0.493 e. The van der Waals surface area contributed by atoms with Crippen LogP contribution in [0.3, 0.4) is 0 Å². The Kier molecular flexibility index (Phi) is 10.5. The molecule has 0 bridgehead atoms. The standard InChI is InChI=1S/C19H34N4O2/c1-6-11-21-19(20-4)22-15-16-9-10-17(18(14-16)24-5)25-13-12-23(7-2)8-3/h9-10,14H,6-8,11-13,15H2,1-5H3,(H2,20,21,22). The molecule has 0 saturated carbocycles. The predicted octanol–water partition coefficient (Wildman–Crippen LogP) is 2.49. The number of rotatable bonds is 11. The van der Waals surface area contributed by atoms with E-state index >= 15 is 0 Å². The number of likely N-dealkylation sites (N-methyl/N-ethyl adjacent to an activating group) is 1. The van der Waals surface area contributed by atoms with E-state index in [0.29, 0.717) is 13.2 Å². The molecule has 0 saturated heterocycles. The fourth-order valence-electron chi connectivity index (χ4n) is 2.42. The highest BCUT2D eigenvalue weighted by molar-refractivity contribution is 5.79. The molecule has 0 radical (unpaired) electrons. The van der Waals surface area contributed by atoms with E-state index in [1.807, 2.05) is 12.1 Å². The third-order valence-electron chi connectivity index (χ3n) is 4.01. The molecular weight excluding hydrogens is 316 g/mol. The molecule has 142 valence electrons. The second kappa shape index (κ2) is 12.4. The third kappa shape index (κ3) is 7.65. The number of ether oxygens (including phenoxy) is 2. The van der Waals surface area contributed by atoms with E-state index in [2.05, 4.69) is 47.4 Å². The molecule has 0 amide bonds. The van der Waals surface area contributed by atoms with E-state index in [0.717, 1.165) is 55.6 Å². The van der Waals surface area contributed by atoms with Gasteiger partial charge < -0.3 is 25.0 Å². The maximum Gasteiger partial charge on any atom is 0.191 e. The summed E-state index contributed by atoms with van der Waals surface area (Å²) in [5.74, 6) is 2.35. The Hall–Kier alpha value is -1.95. The lowest BCUT2D eigenvalue weighted by atomic mass is 10.2. The van der Waals surface area contributed by atoms with Gasteiger partial charge in [0.2, 0.25) is 0 Å². The molecule has 0 heterocycles. The Morgan fingerprint density at radius 1 is 1.12 bits per heavy atom. The zero-order chi connectivity index (χ0) is 18.5. The summed E-state index contributed by atoms with van der Waals surface area (Å²) in [6.07, 6.45) is 1.06. The topological polar surface area (TPSA) is 58.1 Å². The van der Waals surface area contributed by atoms with Crippen LogP contribution in [0.2, 0.25) is 0 Å². The lowest BCUT2D eigenvalue weighted by Crippen LogP contribution is -2.37. The zero-order valence-electron chi connectivity index (χ0n) is 16.4. The number of guanidine groups is 1. The van der Waals surface area contributed by atoms with Crippen LogP contribution in [-0.4, -0.2) is 57.8 Å². The fourth-order valence-corrected chi connectivity index (χ4v) is 2.42. The number of methoxy groups -OCH3 is 1. The van der Waals surface area contributed by atoms with Crippen LogP contribution in [0.25, 0.3) is 0 Å². The molecule has 0 fully saturated rings. The Balaban J connectivity index is 2.59. The van der Waals surface area contributed by atoms with Crippen molar-refractivity contribution in [1.29, 1.82) is 0 Å². The highest BCUT2D eigenvalue weighted by atomic mass is 16.5. The van der Waals surface area contributed by atoms with Gasteiger partial charge >= 0.3 is 0 Å². The highest BCUT2D eigenvalue weighted by Crippen LogP contribution is 2.28. The van der Waals surface area contributed by atoms with Crippen molar-refractivity contribution in [2.45, 2.75) is 33.7 Å². The van der Waals surface area contributed by atoms with Crippen molar-refractivity contribution < 1.29 is 9.47 Å². The van der Waals surface area contributed by atoms with Gasteiger partial charge in [-0.3, -0.25) is 4.99 Å². The zero-order valence-corrected chi connectivity index (χ0v) is 16.4. The minimum absolute atomic E-state index is 0.656. The Labute approximate surface area is 152 Å². The molecule has 0 unspecified atom stereocenters. The molecule has 1 rings (SSSR count). The second-order valence-corrected chi connectivity index (χ2v) is 5.71. The summed E-state index contributed by atoms with van der Waals surface area (Å²) >= 11 is 0. The van der Waals surface area contributed by atoms with E-state index < -0.39 is 0 Å². The number of aliphatic imine (C=N–C) groups is 1. The van der Waals surface area contributed by atoms with Gasteiger partial charge in [0.25, 0.3) is 0 Å². The summed E-state index contributed by atoms with van der Waals surface area (Å²) in [5.41, 5.74) is 1.12. The minimum atomic E-state index is 0.656. The normalized spacial score (nSPS) is 11.5. The van der Waals surface area contributed by atoms with Crippen molar-refractivity contribution in [3.63, 3.8) is 0 Å². The number of nitrogens with one attached hydrogen (secondary N) is 2. The van der Waals surface area contributed by atoms with Crippen molar-refractivity contribution in [3.05, 3.63) is 23.8 Å². The molecule has 6 heteroatoms. The van der Waals surface area contributed by atoms with Gasteiger partial charge in [-0.1, -0.05) is 26.8 Å². The first-order valence-electron chi connectivity index (χ1n) is 9.14. The van der Waals surface area contributed by atoms with E-state index in [9.17, 15) is 0 Å². The molecule has 0 atom stereocenters. The molecule has 0 aromatic heterocycles. The average molecular weight is 351 g/mol. The van der Waals surface area contributed by atoms with Gasteiger partial charge in [-0.2, -0.15) is 0 Å². The van der Waals surface area contributed by atoms with Gasteiger partial charge in [-0.25, -0.2) is 0 Å². The summed E-state index contributed by atoms with van der Waals surface area (Å²) in [4.78, 5) is 6.54. The summed E-state index contributed by atoms with van der Waals surface area (Å²) in [7, 11) is 3.45. The van der Waals surface area contributed by atoms with Crippen molar-refractivity contribution in [1.82, 2.24) is 15.5 Å². The molecule has 6 nitrogen and oxygen atoms in total. The van der Waals surface area contributed by atoms with Crippen LogP contribution in [0.1, 0.15) is 32.8 Å². The van der Waals surface area contributed by atoms with Crippen LogP contribution in [0, 0.1) is 0 Å². The van der Waals surface area contributed by atoms with Crippen molar-refractivity contribution in [2.75, 3.05) is 46.9 Å². The molecule has 2 N–H and O–H groups in total. The summed E-state index contributed by atoms with van der Waals surface area (Å²) in [5, 5.41) is 6.56. The van der Waals surface area contributed by atoms with Crippen molar-refractivity contribution >= 4 is 5.96 Å². The van der Waals surface area contributed by atoms with E-state index in [4.69, 9.17) is 9.47 Å². The van der Waals surface area contributed by atoms with Crippen LogP contribution in [-0.2, 0) is 6.54 Å². The van der Waals surface area contributed by atoms with Gasteiger partial charge in [0.1, 0.15) is 6.61 Å². The Morgan fingerprint density at radius 3 is 2.48 bits per heavy atom. The van der Waals surface area contributed by atoms with E-state index in [-0.39, 0.29) is 0 Å². The number of benzene rings is 1. The molecule has 25 heavy (non-hydrogen) atoms. The first kappa shape index (κ1) is 21.1. The van der Waals surface area contributed by atoms with Gasteiger partial charge in [0.05, 0.1) is 7.11 Å². The maximum absolute atomic E-state index is 5.89. The van der Waals surface area contributed by atoms with E-state index in [1.54, 1.807) is 14.2 Å². The first-order valence-corrected chi connectivity index (χ1v) is 9.14. The summed E-state index contributed by atoms with van der Waals surface area (Å²) in [6, 6.07) is 6.03. The van der Waals surface area contributed by atoms with Gasteiger partial charge in [-0.05, 0) is 37.2 Å². The van der Waals surface area contributed by atoms with Crippen molar-refractivity contribution in [2.24, 2.45) is 4.99 Å². The van der Waals surface area contributed by atoms with Crippen LogP contribution >= 0.6 is 0 Å². The largest absolute Gasteiger partial charge is 0.493 e. The smallest absolute Gasteiger partial charge is 0.191 e. The average Bonchev–Trinajstić information content (AvgIpc) is 2.66. The Bertz CT molecular complexity index is 516. The summed E-state index contributed by atoms with van der Waals surface area (Å²) in [6.45, 7) is 11.7. The lowest BCUT2D eigenvalue weighted by molar-refractivity contribution is 0.217. The predicted molar refractivity (Wildman–Crippen MR) is 105 cm³/mol. The second-order valence-electron chi connectivity index (χ2n) is 5.71. The highest BCUT2D eigenvalue weighted by Gasteiger charge is 2.07. The van der Waals surface area contributed by atoms with Gasteiger partial charge in [0, 0.05) is 26.7 Å². The van der Waals surface area contributed by atoms with Crippen LogP contribution < -0.4 is 20.1 Å². The fraction of sp³-hybridized carbons (Fsp3) is 0.632. The number of hydrogen-bond donors (Lipinski definition) is 2. The molecule has 0 aliphatic rings. The molecule has 0 aliphatic heterocycles. The maximum atomic E-state index is 5.89. The SMILES string of the molecule is CCCNC(=NC)NCc1ccc(OCCN(CC)CC)c(OC)c1. The number of nitrogens with zero attached hydrogens (tertiary/aromatic N) is 2.